The second kappa shape index (κ2) is 12.1. The van der Waals surface area contributed by atoms with Gasteiger partial charge in [-0.2, -0.15) is 0 Å². The molecule has 2 aromatic carbocycles. The van der Waals surface area contributed by atoms with Crippen LogP contribution in [0.3, 0.4) is 0 Å². The van der Waals surface area contributed by atoms with Gasteiger partial charge in [-0.1, -0.05) is 13.0 Å². The highest BCUT2D eigenvalue weighted by Crippen LogP contribution is 2.35. The van der Waals surface area contributed by atoms with E-state index in [1.165, 1.54) is 23.1 Å². The molecule has 3 atom stereocenters. The lowest BCUT2D eigenvalue weighted by Crippen LogP contribution is -2.50. The summed E-state index contributed by atoms with van der Waals surface area (Å²) in [6, 6.07) is 11.9. The fourth-order valence-corrected chi connectivity index (χ4v) is 6.71. The zero-order valence-electron chi connectivity index (χ0n) is 23.3. The van der Waals surface area contributed by atoms with Crippen molar-refractivity contribution in [2.75, 3.05) is 43.6 Å². The molecule has 42 heavy (non-hydrogen) atoms. The average Bonchev–Trinajstić information content (AvgIpc) is 3.67. The van der Waals surface area contributed by atoms with E-state index in [1.807, 2.05) is 6.92 Å². The Bertz CT molecular complexity index is 1560. The van der Waals surface area contributed by atoms with Crippen molar-refractivity contribution in [2.45, 2.75) is 30.2 Å². The predicted octanol–water partition coefficient (Wildman–Crippen LogP) is 3.66. The Morgan fingerprint density at radius 1 is 1.14 bits per heavy atom. The molecule has 2 aliphatic rings. The van der Waals surface area contributed by atoms with Crippen molar-refractivity contribution >= 4 is 44.7 Å². The number of nitrogens with one attached hydrogen (secondary N) is 2. The number of rotatable bonds is 8. The van der Waals surface area contributed by atoms with Crippen molar-refractivity contribution in [1.29, 1.82) is 0 Å². The van der Waals surface area contributed by atoms with Crippen LogP contribution in [0, 0.1) is 5.92 Å². The monoisotopic (exact) mass is 616 g/mol. The van der Waals surface area contributed by atoms with E-state index < -0.39 is 28.1 Å². The van der Waals surface area contributed by atoms with E-state index in [0.717, 1.165) is 11.3 Å². The van der Waals surface area contributed by atoms with Crippen LogP contribution < -0.4 is 24.2 Å². The van der Waals surface area contributed by atoms with E-state index in [1.54, 1.807) is 54.6 Å². The summed E-state index contributed by atoms with van der Waals surface area (Å²) < 4.78 is 45.3. The van der Waals surface area contributed by atoms with Crippen LogP contribution in [-0.4, -0.2) is 80.9 Å². The molecule has 0 bridgehead atoms. The Morgan fingerprint density at radius 3 is 2.62 bits per heavy atom. The third-order valence-corrected chi connectivity index (χ3v) is 9.88. The lowest BCUT2D eigenvalue weighted by atomic mass is 9.99. The summed E-state index contributed by atoms with van der Waals surface area (Å²) in [4.78, 5) is 29.8. The molecule has 3 N–H and O–H groups in total. The first-order chi connectivity index (χ1) is 20.1. The molecule has 2 aliphatic heterocycles. The molecule has 0 saturated carbocycles. The minimum absolute atomic E-state index is 0.126. The minimum Gasteiger partial charge on any atom is -0.487 e. The van der Waals surface area contributed by atoms with Crippen molar-refractivity contribution in [3.63, 3.8) is 0 Å². The Balaban J connectivity index is 1.38. The van der Waals surface area contributed by atoms with Gasteiger partial charge >= 0.3 is 6.03 Å². The minimum atomic E-state index is -3.84. The first-order valence-electron chi connectivity index (χ1n) is 13.3. The number of fused-ring (bicyclic) bond motifs is 2. The number of likely N-dealkylation sites (N-methyl/N-ethyl adjacent to an activating group) is 1. The van der Waals surface area contributed by atoms with Crippen LogP contribution in [0.4, 0.5) is 16.2 Å². The van der Waals surface area contributed by atoms with Crippen molar-refractivity contribution in [1.82, 2.24) is 9.80 Å². The third-order valence-electron chi connectivity index (χ3n) is 7.10. The second-order valence-corrected chi connectivity index (χ2v) is 13.1. The molecule has 0 spiro atoms. The molecule has 0 fully saturated rings. The number of anilines is 2. The zero-order chi connectivity index (χ0) is 30.0. The Kier molecular flexibility index (Phi) is 8.48. The molecule has 3 heterocycles. The molecule has 14 heteroatoms. The number of hydrogen-bond acceptors (Lipinski definition) is 9. The van der Waals surface area contributed by atoms with Gasteiger partial charge in [0.25, 0.3) is 15.9 Å². The fourth-order valence-electron chi connectivity index (χ4n) is 4.67. The van der Waals surface area contributed by atoms with E-state index >= 15 is 0 Å². The van der Waals surface area contributed by atoms with Gasteiger partial charge in [0.15, 0.2) is 11.5 Å². The molecule has 224 valence electrons. The van der Waals surface area contributed by atoms with Crippen LogP contribution in [0.15, 0.2) is 58.1 Å². The van der Waals surface area contributed by atoms with Gasteiger partial charge in [-0.05, 0) is 48.7 Å². The summed E-state index contributed by atoms with van der Waals surface area (Å²) in [6.07, 6.45) is -0.536. The van der Waals surface area contributed by atoms with Crippen LogP contribution >= 0.6 is 11.3 Å². The van der Waals surface area contributed by atoms with Crippen molar-refractivity contribution in [2.24, 2.45) is 5.92 Å². The number of carbonyl (C=O) groups is 2. The average molecular weight is 617 g/mol. The highest BCUT2D eigenvalue weighted by molar-refractivity contribution is 7.94. The zero-order valence-corrected chi connectivity index (χ0v) is 24.9. The van der Waals surface area contributed by atoms with Crippen molar-refractivity contribution in [3.8, 4) is 17.2 Å². The van der Waals surface area contributed by atoms with E-state index in [2.05, 4.69) is 10.0 Å². The number of ether oxygens (including phenoxy) is 3. The van der Waals surface area contributed by atoms with Crippen LogP contribution in [0.2, 0.25) is 0 Å². The van der Waals surface area contributed by atoms with Gasteiger partial charge in [0, 0.05) is 37.0 Å². The number of nitrogens with zero attached hydrogens (tertiary/aromatic N) is 2. The number of thiophene rings is 1. The second-order valence-electron chi connectivity index (χ2n) is 10.2. The summed E-state index contributed by atoms with van der Waals surface area (Å²) in [7, 11) is -2.20. The van der Waals surface area contributed by atoms with Gasteiger partial charge in [0.2, 0.25) is 6.79 Å². The molecule has 5 rings (SSSR count). The highest BCUT2D eigenvalue weighted by atomic mass is 32.2. The van der Waals surface area contributed by atoms with Gasteiger partial charge in [-0.3, -0.25) is 9.52 Å². The first-order valence-corrected chi connectivity index (χ1v) is 15.6. The Hall–Kier alpha value is -4.01. The number of aliphatic hydroxyl groups is 1. The molecule has 3 amide bonds. The fraction of sp³-hybridized carbons (Fsp3) is 0.357. The number of carbonyl (C=O) groups excluding carboxylic acids is 2. The lowest BCUT2D eigenvalue weighted by Gasteiger charge is -2.38. The molecule has 1 aromatic heterocycles. The summed E-state index contributed by atoms with van der Waals surface area (Å²) in [6.45, 7) is 3.93. The quantitative estimate of drug-likeness (QED) is 0.348. The number of urea groups is 1. The van der Waals surface area contributed by atoms with Crippen LogP contribution in [0.5, 0.6) is 17.2 Å². The maximum atomic E-state index is 13.7. The molecular weight excluding hydrogens is 584 g/mol. The summed E-state index contributed by atoms with van der Waals surface area (Å²) >= 11 is 1.08. The number of aliphatic hydroxyl groups excluding tert-OH is 1. The maximum absolute atomic E-state index is 13.7. The van der Waals surface area contributed by atoms with Crippen molar-refractivity contribution in [3.05, 3.63) is 59.5 Å². The van der Waals surface area contributed by atoms with Crippen molar-refractivity contribution < 1.29 is 37.3 Å². The summed E-state index contributed by atoms with van der Waals surface area (Å²) in [5, 5.41) is 14.4. The highest BCUT2D eigenvalue weighted by Gasteiger charge is 2.34. The van der Waals surface area contributed by atoms with E-state index in [9.17, 15) is 23.1 Å². The molecule has 0 aliphatic carbocycles. The molecule has 0 unspecified atom stereocenters. The maximum Gasteiger partial charge on any atom is 0.321 e. The van der Waals surface area contributed by atoms with Gasteiger partial charge in [-0.15, -0.1) is 11.3 Å². The van der Waals surface area contributed by atoms with Gasteiger partial charge in [0.1, 0.15) is 16.1 Å². The number of hydrogen-bond donors (Lipinski definition) is 3. The van der Waals surface area contributed by atoms with E-state index in [4.69, 9.17) is 14.2 Å². The van der Waals surface area contributed by atoms with Gasteiger partial charge in [-0.25, -0.2) is 13.2 Å². The number of amides is 3. The van der Waals surface area contributed by atoms with E-state index in [0.29, 0.717) is 17.2 Å². The van der Waals surface area contributed by atoms with Crippen LogP contribution in [0.1, 0.15) is 24.2 Å². The largest absolute Gasteiger partial charge is 0.487 e. The topological polar surface area (TPSA) is 147 Å². The Morgan fingerprint density at radius 2 is 1.88 bits per heavy atom. The van der Waals surface area contributed by atoms with E-state index in [-0.39, 0.29) is 59.6 Å². The normalized spacial score (nSPS) is 18.8. The van der Waals surface area contributed by atoms with Gasteiger partial charge in [0.05, 0.1) is 24.8 Å². The first kappa shape index (κ1) is 29.5. The molecular formula is C28H32N4O8S2. The molecule has 0 saturated heterocycles. The molecule has 0 radical (unpaired) electrons. The number of benzene rings is 2. The molecule has 12 nitrogen and oxygen atoms in total. The molecule has 3 aromatic rings. The van der Waals surface area contributed by atoms with Crippen LogP contribution in [-0.2, 0) is 10.0 Å². The Labute approximate surface area is 247 Å². The SMILES string of the molecule is C[C@@H]1CN([C@H](C)CO)C(=O)c2cc(NS(=O)(=O)c3cccs3)ccc2O[C@H]1CN(C)C(=O)Nc1ccc2c(c1)OCO2. The lowest BCUT2D eigenvalue weighted by molar-refractivity contribution is 0.0371. The standard InChI is InChI=1S/C28H32N4O8S2/c1-17-13-32(18(2)15-33)27(34)21-11-20(30-42(36,37)26-5-4-10-41-26)7-8-22(21)40-25(17)14-31(3)28(35)29-19-6-9-23-24(12-19)39-16-38-23/h4-12,17-18,25,30,33H,13-16H2,1-3H3,(H,29,35)/t17-,18-,25+/m1/s1. The predicted molar refractivity (Wildman–Crippen MR) is 157 cm³/mol. The third kappa shape index (κ3) is 6.25. The van der Waals surface area contributed by atoms with Crippen LogP contribution in [0.25, 0.3) is 0 Å². The smallest absolute Gasteiger partial charge is 0.321 e. The summed E-state index contributed by atoms with van der Waals surface area (Å²) in [5.74, 6) is 0.770. The summed E-state index contributed by atoms with van der Waals surface area (Å²) in [5.41, 5.74) is 0.881. The number of sulfonamides is 1. The van der Waals surface area contributed by atoms with Gasteiger partial charge < -0.3 is 34.4 Å².